The molecule has 1 atom stereocenters. The Labute approximate surface area is 93.4 Å². The van der Waals surface area contributed by atoms with Gasteiger partial charge in [-0.1, -0.05) is 0 Å². The molecule has 1 aromatic carbocycles. The van der Waals surface area contributed by atoms with Gasteiger partial charge in [0.25, 0.3) is 0 Å². The number of carboxylic acids is 1. The summed E-state index contributed by atoms with van der Waals surface area (Å²) in [5, 5.41) is 17.9. The first-order valence-corrected chi connectivity index (χ1v) is 4.70. The van der Waals surface area contributed by atoms with Gasteiger partial charge in [-0.25, -0.2) is 9.18 Å². The molecule has 0 fully saturated rings. The van der Waals surface area contributed by atoms with Gasteiger partial charge in [-0.15, -0.1) is 0 Å². The first-order valence-electron chi connectivity index (χ1n) is 3.90. The molecule has 0 aliphatic rings. The van der Waals surface area contributed by atoms with E-state index in [4.69, 9.17) is 9.84 Å². The Bertz CT molecular complexity index is 394. The number of benzene rings is 1. The lowest BCUT2D eigenvalue weighted by Crippen LogP contribution is -2.06. The van der Waals surface area contributed by atoms with E-state index < -0.39 is 12.1 Å². The molecule has 0 saturated heterocycles. The van der Waals surface area contributed by atoms with Crippen LogP contribution in [-0.2, 0) is 4.79 Å². The Morgan fingerprint density at radius 3 is 2.67 bits per heavy atom. The first kappa shape index (κ1) is 11.8. The molecule has 6 heteroatoms. The van der Waals surface area contributed by atoms with Crippen LogP contribution in [-0.4, -0.2) is 23.3 Å². The second-order valence-corrected chi connectivity index (χ2v) is 3.61. The van der Waals surface area contributed by atoms with Gasteiger partial charge in [0.1, 0.15) is 0 Å². The summed E-state index contributed by atoms with van der Waals surface area (Å²) < 4.78 is 18.1. The predicted octanol–water partition coefficient (Wildman–Crippen LogP) is 2.26. The van der Waals surface area contributed by atoms with Crippen molar-refractivity contribution in [3.05, 3.63) is 22.2 Å². The molecule has 4 nitrogen and oxygen atoms in total. The summed E-state index contributed by atoms with van der Waals surface area (Å²) in [6, 6.07) is 2.33. The fourth-order valence-electron chi connectivity index (χ4n) is 1.04. The topological polar surface area (TPSA) is 66.8 Å². The molecule has 15 heavy (non-hydrogen) atoms. The third kappa shape index (κ3) is 2.38. The average molecular weight is 279 g/mol. The van der Waals surface area contributed by atoms with Gasteiger partial charge < -0.3 is 14.9 Å². The van der Waals surface area contributed by atoms with Crippen molar-refractivity contribution < 1.29 is 24.1 Å². The minimum absolute atomic E-state index is 0.0169. The predicted molar refractivity (Wildman–Crippen MR) is 53.8 cm³/mol. The van der Waals surface area contributed by atoms with Crippen molar-refractivity contribution in [2.75, 3.05) is 7.11 Å². The Balaban J connectivity index is 3.22. The number of halogens is 2. The number of ether oxygens (including phenoxy) is 1. The highest BCUT2D eigenvalue weighted by atomic mass is 79.9. The van der Waals surface area contributed by atoms with Gasteiger partial charge in [0.2, 0.25) is 6.17 Å². The maximum atomic E-state index is 13.1. The normalized spacial score (nSPS) is 12.2. The van der Waals surface area contributed by atoms with Crippen molar-refractivity contribution in [2.24, 2.45) is 0 Å². The monoisotopic (exact) mass is 278 g/mol. The van der Waals surface area contributed by atoms with E-state index in [1.807, 2.05) is 0 Å². The number of rotatable bonds is 3. The molecule has 0 spiro atoms. The first-order chi connectivity index (χ1) is 6.97. The van der Waals surface area contributed by atoms with Crippen LogP contribution in [0.25, 0.3) is 0 Å². The molecular formula is C9H8BrFO4. The zero-order chi connectivity index (χ0) is 11.6. The number of phenols is 1. The summed E-state index contributed by atoms with van der Waals surface area (Å²) in [5.74, 6) is -1.77. The van der Waals surface area contributed by atoms with E-state index >= 15 is 0 Å². The van der Waals surface area contributed by atoms with Crippen molar-refractivity contribution >= 4 is 21.9 Å². The van der Waals surface area contributed by atoms with Crippen LogP contribution in [0.5, 0.6) is 11.5 Å². The van der Waals surface area contributed by atoms with Gasteiger partial charge in [-0.2, -0.15) is 0 Å². The number of alkyl halides is 1. The molecule has 0 aromatic heterocycles. The van der Waals surface area contributed by atoms with E-state index in [1.165, 1.54) is 13.2 Å². The lowest BCUT2D eigenvalue weighted by molar-refractivity contribution is -0.143. The number of methoxy groups -OCH3 is 1. The van der Waals surface area contributed by atoms with Crippen LogP contribution < -0.4 is 4.74 Å². The lowest BCUT2D eigenvalue weighted by atomic mass is 10.1. The quantitative estimate of drug-likeness (QED) is 0.890. The van der Waals surface area contributed by atoms with Crippen LogP contribution >= 0.6 is 15.9 Å². The van der Waals surface area contributed by atoms with Crippen molar-refractivity contribution in [1.82, 2.24) is 0 Å². The molecule has 1 rings (SSSR count). The average Bonchev–Trinajstić information content (AvgIpc) is 2.20. The van der Waals surface area contributed by atoms with Gasteiger partial charge in [-0.05, 0) is 28.1 Å². The third-order valence-corrected chi connectivity index (χ3v) is 2.38. The zero-order valence-electron chi connectivity index (χ0n) is 7.70. The summed E-state index contributed by atoms with van der Waals surface area (Å²) in [4.78, 5) is 10.4. The molecule has 82 valence electrons. The lowest BCUT2D eigenvalue weighted by Gasteiger charge is -2.09. The van der Waals surface area contributed by atoms with Gasteiger partial charge >= 0.3 is 5.97 Å². The molecule has 0 aliphatic heterocycles. The van der Waals surface area contributed by atoms with Crippen LogP contribution in [0.3, 0.4) is 0 Å². The van der Waals surface area contributed by atoms with Gasteiger partial charge in [-0.3, -0.25) is 0 Å². The molecule has 0 heterocycles. The van der Waals surface area contributed by atoms with Crippen molar-refractivity contribution in [1.29, 1.82) is 0 Å². The number of phenolic OH excluding ortho intramolecular Hbond substituents is 1. The maximum Gasteiger partial charge on any atom is 0.343 e. The smallest absolute Gasteiger partial charge is 0.343 e. The Morgan fingerprint density at radius 2 is 2.20 bits per heavy atom. The third-order valence-electron chi connectivity index (χ3n) is 1.78. The number of hydrogen-bond acceptors (Lipinski definition) is 3. The van der Waals surface area contributed by atoms with E-state index in [1.54, 1.807) is 0 Å². The molecule has 0 radical (unpaired) electrons. The second-order valence-electron chi connectivity index (χ2n) is 2.75. The molecule has 0 amide bonds. The highest BCUT2D eigenvalue weighted by Gasteiger charge is 2.21. The summed E-state index contributed by atoms with van der Waals surface area (Å²) in [7, 11) is 1.29. The highest BCUT2D eigenvalue weighted by molar-refractivity contribution is 9.10. The highest BCUT2D eigenvalue weighted by Crippen LogP contribution is 2.37. The molecule has 2 N–H and O–H groups in total. The Kier molecular flexibility index (Phi) is 3.52. The summed E-state index contributed by atoms with van der Waals surface area (Å²) in [6.45, 7) is 0. The van der Waals surface area contributed by atoms with Crippen molar-refractivity contribution in [3.63, 3.8) is 0 Å². The number of carboxylic acid groups (broad SMARTS) is 1. The Morgan fingerprint density at radius 1 is 1.60 bits per heavy atom. The van der Waals surface area contributed by atoms with E-state index in [-0.39, 0.29) is 21.5 Å². The van der Waals surface area contributed by atoms with E-state index in [9.17, 15) is 14.3 Å². The largest absolute Gasteiger partial charge is 0.503 e. The second kappa shape index (κ2) is 4.48. The van der Waals surface area contributed by atoms with Crippen molar-refractivity contribution in [3.8, 4) is 11.5 Å². The SMILES string of the molecule is COc1cc(C(F)C(=O)O)cc(Br)c1O. The molecule has 1 aromatic rings. The summed E-state index contributed by atoms with van der Waals surface area (Å²) in [5.41, 5.74) is -0.0935. The molecule has 0 saturated carbocycles. The van der Waals surface area contributed by atoms with Crippen LogP contribution in [0.15, 0.2) is 16.6 Å². The standard InChI is InChI=1S/C9H8BrFO4/c1-15-6-3-4(7(11)9(13)14)2-5(10)8(6)12/h2-3,7,12H,1H3,(H,13,14). The fourth-order valence-corrected chi connectivity index (χ4v) is 1.50. The number of carbonyl (C=O) groups is 1. The minimum atomic E-state index is -2.14. The van der Waals surface area contributed by atoms with Crippen molar-refractivity contribution in [2.45, 2.75) is 6.17 Å². The van der Waals surface area contributed by atoms with E-state index in [0.717, 1.165) is 6.07 Å². The molecule has 0 aliphatic carbocycles. The molecule has 0 bridgehead atoms. The van der Waals surface area contributed by atoms with Crippen LogP contribution in [0.4, 0.5) is 4.39 Å². The Hall–Kier alpha value is -1.30. The van der Waals surface area contributed by atoms with Gasteiger partial charge in [0.05, 0.1) is 11.6 Å². The summed E-state index contributed by atoms with van der Waals surface area (Å²) >= 11 is 2.97. The van der Waals surface area contributed by atoms with Gasteiger partial charge in [0.15, 0.2) is 11.5 Å². The van der Waals surface area contributed by atoms with E-state index in [0.29, 0.717) is 0 Å². The summed E-state index contributed by atoms with van der Waals surface area (Å²) in [6.07, 6.45) is -2.14. The number of aromatic hydroxyl groups is 1. The maximum absolute atomic E-state index is 13.1. The fraction of sp³-hybridized carbons (Fsp3) is 0.222. The zero-order valence-corrected chi connectivity index (χ0v) is 9.28. The molecular weight excluding hydrogens is 271 g/mol. The van der Waals surface area contributed by atoms with Crippen LogP contribution in [0.2, 0.25) is 0 Å². The van der Waals surface area contributed by atoms with E-state index in [2.05, 4.69) is 15.9 Å². The van der Waals surface area contributed by atoms with Crippen LogP contribution in [0, 0.1) is 0 Å². The molecule has 1 unspecified atom stereocenters. The van der Waals surface area contributed by atoms with Crippen LogP contribution in [0.1, 0.15) is 11.7 Å². The number of aliphatic carboxylic acids is 1. The minimum Gasteiger partial charge on any atom is -0.503 e. The number of hydrogen-bond donors (Lipinski definition) is 2. The van der Waals surface area contributed by atoms with Gasteiger partial charge in [0, 0.05) is 5.56 Å².